The van der Waals surface area contributed by atoms with Crippen LogP contribution in [0.2, 0.25) is 0 Å². The molecule has 0 saturated carbocycles. The smallest absolute Gasteiger partial charge is 0.130 e. The largest absolute Gasteiger partial charge is 0.370 e. The van der Waals surface area contributed by atoms with Crippen LogP contribution in [-0.4, -0.2) is 11.5 Å². The van der Waals surface area contributed by atoms with Gasteiger partial charge in [-0.25, -0.2) is 4.98 Å². The van der Waals surface area contributed by atoms with E-state index in [0.29, 0.717) is 6.54 Å². The van der Waals surface area contributed by atoms with Crippen LogP contribution in [0.15, 0.2) is 42.6 Å². The maximum Gasteiger partial charge on any atom is 0.130 e. The highest BCUT2D eigenvalue weighted by molar-refractivity contribution is 5.65. The lowest BCUT2D eigenvalue weighted by atomic mass is 10.1. The van der Waals surface area contributed by atoms with Crippen LogP contribution >= 0.6 is 0 Å². The molecule has 19 heavy (non-hydrogen) atoms. The number of nitrogens with zero attached hydrogens (tertiary/aromatic N) is 1. The molecule has 3 heteroatoms. The minimum Gasteiger partial charge on any atom is -0.370 e. The molecule has 0 amide bonds. The fraction of sp³-hybridized carbons (Fsp3) is 0.312. The minimum absolute atomic E-state index is 0.502. The van der Waals surface area contributed by atoms with Crippen LogP contribution in [-0.2, 0) is 6.54 Å². The Morgan fingerprint density at radius 1 is 1.16 bits per heavy atom. The molecule has 1 heterocycles. The number of pyridine rings is 1. The molecule has 0 aliphatic carbocycles. The van der Waals surface area contributed by atoms with Crippen molar-refractivity contribution in [2.75, 3.05) is 11.9 Å². The fourth-order valence-corrected chi connectivity index (χ4v) is 2.00. The molecule has 0 radical (unpaired) electrons. The van der Waals surface area contributed by atoms with Crippen molar-refractivity contribution in [3.05, 3.63) is 48.2 Å². The molecular formula is C16H21N3. The molecule has 0 aliphatic rings. The van der Waals surface area contributed by atoms with E-state index in [1.54, 1.807) is 0 Å². The monoisotopic (exact) mass is 255 g/mol. The third kappa shape index (κ3) is 3.55. The first-order valence-corrected chi connectivity index (χ1v) is 6.83. The Bertz CT molecular complexity index is 509. The molecule has 100 valence electrons. The Morgan fingerprint density at radius 2 is 1.95 bits per heavy atom. The Balaban J connectivity index is 2.21. The van der Waals surface area contributed by atoms with E-state index in [0.717, 1.165) is 29.9 Å². The Morgan fingerprint density at radius 3 is 2.63 bits per heavy atom. The topological polar surface area (TPSA) is 50.9 Å². The van der Waals surface area contributed by atoms with Crippen molar-refractivity contribution in [2.45, 2.75) is 26.3 Å². The average Bonchev–Trinajstić information content (AvgIpc) is 2.48. The van der Waals surface area contributed by atoms with Gasteiger partial charge in [-0.3, -0.25) is 0 Å². The van der Waals surface area contributed by atoms with Crippen molar-refractivity contribution in [1.82, 2.24) is 4.98 Å². The normalized spacial score (nSPS) is 10.4. The Labute approximate surface area is 114 Å². The predicted octanol–water partition coefficient (Wildman–Crippen LogP) is 3.42. The number of nitrogens with one attached hydrogen (secondary N) is 1. The first-order valence-electron chi connectivity index (χ1n) is 6.83. The number of anilines is 1. The van der Waals surface area contributed by atoms with Gasteiger partial charge < -0.3 is 11.1 Å². The summed E-state index contributed by atoms with van der Waals surface area (Å²) in [5.41, 5.74) is 9.17. The SMILES string of the molecule is CCCCNc1ncc(-c2ccccc2)cc1CN. The lowest BCUT2D eigenvalue weighted by molar-refractivity contribution is 0.828. The zero-order chi connectivity index (χ0) is 13.5. The predicted molar refractivity (Wildman–Crippen MR) is 81.0 cm³/mol. The number of unbranched alkanes of at least 4 members (excludes halogenated alkanes) is 1. The standard InChI is InChI=1S/C16H21N3/c1-2-3-9-18-16-14(11-17)10-15(12-19-16)13-7-5-4-6-8-13/h4-8,10,12H,2-3,9,11,17H2,1H3,(H,18,19). The summed E-state index contributed by atoms with van der Waals surface area (Å²) in [4.78, 5) is 4.51. The number of hydrogen-bond acceptors (Lipinski definition) is 3. The molecule has 2 aromatic rings. The van der Waals surface area contributed by atoms with Crippen LogP contribution in [0.3, 0.4) is 0 Å². The number of benzene rings is 1. The van der Waals surface area contributed by atoms with E-state index in [1.807, 2.05) is 24.4 Å². The van der Waals surface area contributed by atoms with Gasteiger partial charge in [0, 0.05) is 30.4 Å². The first-order chi connectivity index (χ1) is 9.35. The highest BCUT2D eigenvalue weighted by Crippen LogP contribution is 2.22. The second-order valence-corrected chi connectivity index (χ2v) is 4.58. The van der Waals surface area contributed by atoms with E-state index in [1.165, 1.54) is 12.0 Å². The van der Waals surface area contributed by atoms with Gasteiger partial charge in [0.15, 0.2) is 0 Å². The van der Waals surface area contributed by atoms with Crippen molar-refractivity contribution >= 4 is 5.82 Å². The van der Waals surface area contributed by atoms with Gasteiger partial charge in [0.25, 0.3) is 0 Å². The van der Waals surface area contributed by atoms with Crippen LogP contribution in [0.4, 0.5) is 5.82 Å². The number of hydrogen-bond donors (Lipinski definition) is 2. The molecule has 0 bridgehead atoms. The molecular weight excluding hydrogens is 234 g/mol. The summed E-state index contributed by atoms with van der Waals surface area (Å²) in [7, 11) is 0. The molecule has 3 N–H and O–H groups in total. The Hall–Kier alpha value is -1.87. The zero-order valence-corrected chi connectivity index (χ0v) is 11.4. The summed E-state index contributed by atoms with van der Waals surface area (Å²) in [6.07, 6.45) is 4.22. The van der Waals surface area contributed by atoms with Gasteiger partial charge in [-0.1, -0.05) is 43.7 Å². The second kappa shape index (κ2) is 6.90. The maximum atomic E-state index is 5.82. The number of nitrogens with two attached hydrogens (primary N) is 1. The molecule has 0 spiro atoms. The van der Waals surface area contributed by atoms with E-state index < -0.39 is 0 Å². The first kappa shape index (κ1) is 13.6. The molecule has 1 aromatic carbocycles. The van der Waals surface area contributed by atoms with Gasteiger partial charge in [0.05, 0.1) is 0 Å². The number of aromatic nitrogens is 1. The van der Waals surface area contributed by atoms with E-state index in [9.17, 15) is 0 Å². The van der Waals surface area contributed by atoms with E-state index in [2.05, 4.69) is 35.4 Å². The van der Waals surface area contributed by atoms with Crippen LogP contribution in [0.1, 0.15) is 25.3 Å². The van der Waals surface area contributed by atoms with E-state index in [-0.39, 0.29) is 0 Å². The molecule has 0 aliphatic heterocycles. The summed E-state index contributed by atoms with van der Waals surface area (Å²) in [6, 6.07) is 12.4. The molecule has 0 fully saturated rings. The average molecular weight is 255 g/mol. The quantitative estimate of drug-likeness (QED) is 0.778. The highest BCUT2D eigenvalue weighted by atomic mass is 15.0. The van der Waals surface area contributed by atoms with Gasteiger partial charge in [0.1, 0.15) is 5.82 Å². The summed E-state index contributed by atoms with van der Waals surface area (Å²) in [6.45, 7) is 3.63. The molecule has 0 atom stereocenters. The summed E-state index contributed by atoms with van der Waals surface area (Å²) >= 11 is 0. The second-order valence-electron chi connectivity index (χ2n) is 4.58. The van der Waals surface area contributed by atoms with Gasteiger partial charge in [-0.15, -0.1) is 0 Å². The van der Waals surface area contributed by atoms with Crippen molar-refractivity contribution < 1.29 is 0 Å². The summed E-state index contributed by atoms with van der Waals surface area (Å²) < 4.78 is 0. The van der Waals surface area contributed by atoms with Crippen LogP contribution in [0.5, 0.6) is 0 Å². The van der Waals surface area contributed by atoms with Crippen molar-refractivity contribution in [2.24, 2.45) is 5.73 Å². The molecule has 3 nitrogen and oxygen atoms in total. The van der Waals surface area contributed by atoms with E-state index >= 15 is 0 Å². The van der Waals surface area contributed by atoms with Crippen molar-refractivity contribution in [3.8, 4) is 11.1 Å². The van der Waals surface area contributed by atoms with Crippen molar-refractivity contribution in [3.63, 3.8) is 0 Å². The van der Waals surface area contributed by atoms with E-state index in [4.69, 9.17) is 5.73 Å². The molecule has 2 rings (SSSR count). The fourth-order valence-electron chi connectivity index (χ4n) is 2.00. The maximum absolute atomic E-state index is 5.82. The third-order valence-corrected chi connectivity index (χ3v) is 3.12. The van der Waals surface area contributed by atoms with Crippen LogP contribution in [0, 0.1) is 0 Å². The summed E-state index contributed by atoms with van der Waals surface area (Å²) in [5, 5.41) is 3.35. The third-order valence-electron chi connectivity index (χ3n) is 3.12. The molecule has 1 aromatic heterocycles. The minimum atomic E-state index is 0.502. The van der Waals surface area contributed by atoms with Crippen molar-refractivity contribution in [1.29, 1.82) is 0 Å². The molecule has 0 unspecified atom stereocenters. The lowest BCUT2D eigenvalue weighted by Gasteiger charge is -2.11. The zero-order valence-electron chi connectivity index (χ0n) is 11.4. The van der Waals surface area contributed by atoms with Gasteiger partial charge >= 0.3 is 0 Å². The van der Waals surface area contributed by atoms with Gasteiger partial charge in [0.2, 0.25) is 0 Å². The van der Waals surface area contributed by atoms with Gasteiger partial charge in [-0.2, -0.15) is 0 Å². The molecule has 0 saturated heterocycles. The summed E-state index contributed by atoms with van der Waals surface area (Å²) in [5.74, 6) is 0.913. The number of rotatable bonds is 6. The lowest BCUT2D eigenvalue weighted by Crippen LogP contribution is -2.08. The Kier molecular flexibility index (Phi) is 4.93. The van der Waals surface area contributed by atoms with Gasteiger partial charge in [-0.05, 0) is 18.1 Å². The highest BCUT2D eigenvalue weighted by Gasteiger charge is 2.05. The van der Waals surface area contributed by atoms with Crippen LogP contribution in [0.25, 0.3) is 11.1 Å². The van der Waals surface area contributed by atoms with Crippen LogP contribution < -0.4 is 11.1 Å².